The van der Waals surface area contributed by atoms with E-state index in [9.17, 15) is 21.6 Å². The number of sulfonamides is 1. The van der Waals surface area contributed by atoms with Gasteiger partial charge in [-0.25, -0.2) is 13.4 Å². The second-order valence-corrected chi connectivity index (χ2v) is 8.26. The molecule has 2 aliphatic rings. The molecule has 0 bridgehead atoms. The van der Waals surface area contributed by atoms with Gasteiger partial charge < -0.3 is 4.90 Å². The Kier molecular flexibility index (Phi) is 3.73. The molecule has 0 amide bonds. The van der Waals surface area contributed by atoms with E-state index in [1.165, 1.54) is 11.2 Å². The molecular weight excluding hydrogens is 331 g/mol. The van der Waals surface area contributed by atoms with Crippen molar-refractivity contribution in [2.75, 3.05) is 32.7 Å². The summed E-state index contributed by atoms with van der Waals surface area (Å²) in [4.78, 5) is 5.49. The number of halogens is 3. The normalized spacial score (nSPS) is 22.0. The van der Waals surface area contributed by atoms with Crippen LogP contribution in [0.25, 0.3) is 0 Å². The molecular formula is C14H18F3N3O2S. The predicted molar refractivity (Wildman–Crippen MR) is 77.3 cm³/mol. The maximum atomic E-state index is 12.6. The molecule has 0 N–H and O–H groups in total. The minimum absolute atomic E-state index is 0.0241. The molecule has 1 aromatic heterocycles. The van der Waals surface area contributed by atoms with Crippen molar-refractivity contribution in [3.8, 4) is 0 Å². The fourth-order valence-electron chi connectivity index (χ4n) is 3.32. The van der Waals surface area contributed by atoms with E-state index in [4.69, 9.17) is 0 Å². The second-order valence-electron chi connectivity index (χ2n) is 6.35. The lowest BCUT2D eigenvalue weighted by Crippen LogP contribution is -2.72. The molecule has 3 rings (SSSR count). The zero-order chi connectivity index (χ0) is 17.0. The first-order valence-corrected chi connectivity index (χ1v) is 8.79. The molecule has 1 aromatic rings. The third-order valence-corrected chi connectivity index (χ3v) is 6.46. The van der Waals surface area contributed by atoms with Crippen molar-refractivity contribution in [1.82, 2.24) is 14.2 Å². The van der Waals surface area contributed by atoms with Gasteiger partial charge in [0.15, 0.2) is 0 Å². The van der Waals surface area contributed by atoms with E-state index in [1.807, 2.05) is 0 Å². The van der Waals surface area contributed by atoms with Crippen molar-refractivity contribution in [2.45, 2.75) is 24.9 Å². The second kappa shape index (κ2) is 5.15. The lowest BCUT2D eigenvalue weighted by molar-refractivity contribution is -0.141. The van der Waals surface area contributed by atoms with Gasteiger partial charge in [0, 0.05) is 31.6 Å². The van der Waals surface area contributed by atoms with E-state index in [0.717, 1.165) is 31.8 Å². The van der Waals surface area contributed by atoms with Crippen molar-refractivity contribution in [3.05, 3.63) is 23.5 Å². The van der Waals surface area contributed by atoms with E-state index in [-0.39, 0.29) is 16.0 Å². The first-order valence-electron chi connectivity index (χ1n) is 7.35. The number of nitrogens with zero attached hydrogens (tertiary/aromatic N) is 3. The van der Waals surface area contributed by atoms with Crippen molar-refractivity contribution in [2.24, 2.45) is 5.41 Å². The first kappa shape index (κ1) is 16.7. The van der Waals surface area contributed by atoms with E-state index in [1.54, 1.807) is 0 Å². The number of rotatable bonds is 3. The van der Waals surface area contributed by atoms with Gasteiger partial charge in [0.05, 0.1) is 5.69 Å². The molecule has 0 aromatic carbocycles. The van der Waals surface area contributed by atoms with Crippen LogP contribution in [0.4, 0.5) is 13.2 Å². The van der Waals surface area contributed by atoms with Crippen LogP contribution >= 0.6 is 0 Å². The number of aryl methyl sites for hydroxylation is 1. The number of aromatic nitrogens is 1. The van der Waals surface area contributed by atoms with Crippen LogP contribution in [-0.4, -0.2) is 55.3 Å². The number of alkyl halides is 3. The topological polar surface area (TPSA) is 53.5 Å². The summed E-state index contributed by atoms with van der Waals surface area (Å²) in [7, 11) is -3.78. The molecule has 0 unspecified atom stereocenters. The van der Waals surface area contributed by atoms with Gasteiger partial charge in [0.1, 0.15) is 10.6 Å². The van der Waals surface area contributed by atoms with Crippen LogP contribution < -0.4 is 0 Å². The summed E-state index contributed by atoms with van der Waals surface area (Å²) in [5.74, 6) is 0. The summed E-state index contributed by atoms with van der Waals surface area (Å²) >= 11 is 0. The minimum atomic E-state index is -4.58. The maximum Gasteiger partial charge on any atom is 0.433 e. The van der Waals surface area contributed by atoms with E-state index in [2.05, 4.69) is 16.8 Å². The Labute approximate surface area is 133 Å². The largest absolute Gasteiger partial charge is 0.433 e. The number of likely N-dealkylation sites (tertiary alicyclic amines) is 1. The van der Waals surface area contributed by atoms with Gasteiger partial charge in [-0.15, -0.1) is 0 Å². The number of hydrogen-bond donors (Lipinski definition) is 0. The van der Waals surface area contributed by atoms with Crippen molar-refractivity contribution in [1.29, 1.82) is 0 Å². The first-order chi connectivity index (χ1) is 10.6. The average molecular weight is 349 g/mol. The quantitative estimate of drug-likeness (QED) is 0.834. The predicted octanol–water partition coefficient (Wildman–Crippen LogP) is 1.74. The molecule has 23 heavy (non-hydrogen) atoms. The zero-order valence-corrected chi connectivity index (χ0v) is 13.7. The standard InChI is InChI=1S/C14H18F3N3O2S/c1-3-19-6-13(7-19)8-20(9-13)23(21,22)11-4-5-12(14(15,16)17)18-10(11)2/h4-5H,3,6-9H2,1-2H3. The van der Waals surface area contributed by atoms with Crippen LogP contribution in [0.2, 0.25) is 0 Å². The van der Waals surface area contributed by atoms with Gasteiger partial charge in [-0.2, -0.15) is 17.5 Å². The van der Waals surface area contributed by atoms with Crippen LogP contribution in [-0.2, 0) is 16.2 Å². The molecule has 2 saturated heterocycles. The molecule has 128 valence electrons. The summed E-state index contributed by atoms with van der Waals surface area (Å²) in [5, 5.41) is 0. The Hall–Kier alpha value is -1.19. The average Bonchev–Trinajstić information content (AvgIpc) is 2.34. The molecule has 2 aliphatic heterocycles. The highest BCUT2D eigenvalue weighted by molar-refractivity contribution is 7.89. The third-order valence-electron chi connectivity index (χ3n) is 4.53. The van der Waals surface area contributed by atoms with Crippen LogP contribution in [0, 0.1) is 12.3 Å². The monoisotopic (exact) mass is 349 g/mol. The van der Waals surface area contributed by atoms with Crippen LogP contribution in [0.15, 0.2) is 17.0 Å². The fourth-order valence-corrected chi connectivity index (χ4v) is 5.14. The Morgan fingerprint density at radius 2 is 1.83 bits per heavy atom. The molecule has 9 heteroatoms. The summed E-state index contributed by atoms with van der Waals surface area (Å²) in [5.41, 5.74) is -1.17. The fraction of sp³-hybridized carbons (Fsp3) is 0.643. The molecule has 2 fully saturated rings. The Balaban J connectivity index is 1.77. The lowest BCUT2D eigenvalue weighted by Gasteiger charge is -2.59. The van der Waals surface area contributed by atoms with Gasteiger partial charge in [0.25, 0.3) is 0 Å². The van der Waals surface area contributed by atoms with Crippen molar-refractivity contribution >= 4 is 10.0 Å². The maximum absolute atomic E-state index is 12.6. The number of hydrogen-bond acceptors (Lipinski definition) is 4. The van der Waals surface area contributed by atoms with Crippen LogP contribution in [0.5, 0.6) is 0 Å². The van der Waals surface area contributed by atoms with Gasteiger partial charge in [-0.3, -0.25) is 0 Å². The van der Waals surface area contributed by atoms with Crippen LogP contribution in [0.1, 0.15) is 18.3 Å². The Bertz CT molecular complexity index is 719. The van der Waals surface area contributed by atoms with Crippen molar-refractivity contribution < 1.29 is 21.6 Å². The summed E-state index contributed by atoms with van der Waals surface area (Å²) in [6.07, 6.45) is -4.58. The molecule has 0 atom stereocenters. The van der Waals surface area contributed by atoms with Gasteiger partial charge in [-0.05, 0) is 25.6 Å². The lowest BCUT2D eigenvalue weighted by atomic mass is 9.74. The Morgan fingerprint density at radius 1 is 1.22 bits per heavy atom. The Morgan fingerprint density at radius 3 is 2.30 bits per heavy atom. The zero-order valence-electron chi connectivity index (χ0n) is 12.9. The molecule has 0 saturated carbocycles. The molecule has 0 radical (unpaired) electrons. The van der Waals surface area contributed by atoms with Crippen molar-refractivity contribution in [3.63, 3.8) is 0 Å². The van der Waals surface area contributed by atoms with Gasteiger partial charge in [-0.1, -0.05) is 6.92 Å². The van der Waals surface area contributed by atoms with E-state index >= 15 is 0 Å². The van der Waals surface area contributed by atoms with Crippen LogP contribution in [0.3, 0.4) is 0 Å². The minimum Gasteiger partial charge on any atom is -0.302 e. The summed E-state index contributed by atoms with van der Waals surface area (Å²) in [6, 6.07) is 1.72. The van der Waals surface area contributed by atoms with Gasteiger partial charge >= 0.3 is 6.18 Å². The van der Waals surface area contributed by atoms with E-state index < -0.39 is 21.9 Å². The molecule has 0 aliphatic carbocycles. The highest BCUT2D eigenvalue weighted by Gasteiger charge is 2.54. The summed E-state index contributed by atoms with van der Waals surface area (Å²) in [6.45, 7) is 6.88. The molecule has 1 spiro atoms. The molecule has 3 heterocycles. The number of pyridine rings is 1. The smallest absolute Gasteiger partial charge is 0.302 e. The highest BCUT2D eigenvalue weighted by atomic mass is 32.2. The summed E-state index contributed by atoms with van der Waals surface area (Å²) < 4.78 is 64.4. The third kappa shape index (κ3) is 2.74. The van der Waals surface area contributed by atoms with E-state index in [0.29, 0.717) is 13.1 Å². The van der Waals surface area contributed by atoms with Gasteiger partial charge in [0.2, 0.25) is 10.0 Å². The SMILES string of the molecule is CCN1CC2(C1)CN(S(=O)(=O)c1ccc(C(F)(F)F)nc1C)C2. The highest BCUT2D eigenvalue weighted by Crippen LogP contribution is 2.42. The molecule has 5 nitrogen and oxygen atoms in total.